The highest BCUT2D eigenvalue weighted by molar-refractivity contribution is 5.98. The molecular formula is C13H20N2O3. The smallest absolute Gasteiger partial charge is 0.257 e. The van der Waals surface area contributed by atoms with Gasteiger partial charge >= 0.3 is 0 Å². The molecule has 0 radical (unpaired) electrons. The van der Waals surface area contributed by atoms with Gasteiger partial charge in [-0.1, -0.05) is 6.07 Å². The third kappa shape index (κ3) is 2.92. The second-order valence-electron chi connectivity index (χ2n) is 4.10. The van der Waals surface area contributed by atoms with E-state index in [1.807, 2.05) is 6.92 Å². The summed E-state index contributed by atoms with van der Waals surface area (Å²) in [5.74, 6) is 0.189. The van der Waals surface area contributed by atoms with E-state index in [1.54, 1.807) is 32.2 Å². The van der Waals surface area contributed by atoms with Crippen molar-refractivity contribution in [2.45, 2.75) is 19.9 Å². The fourth-order valence-electron chi connectivity index (χ4n) is 1.54. The van der Waals surface area contributed by atoms with E-state index in [0.717, 1.165) is 0 Å². The molecule has 18 heavy (non-hydrogen) atoms. The summed E-state index contributed by atoms with van der Waals surface area (Å²) in [7, 11) is 1.64. The molecule has 0 heterocycles. The molecule has 0 spiro atoms. The van der Waals surface area contributed by atoms with Crippen LogP contribution in [0.4, 0.5) is 5.69 Å². The minimum Gasteiger partial charge on any atom is -0.491 e. The van der Waals surface area contributed by atoms with E-state index in [0.29, 0.717) is 23.6 Å². The number of aliphatic hydroxyl groups excluding tert-OH is 1. The van der Waals surface area contributed by atoms with Crippen molar-refractivity contribution in [2.75, 3.05) is 26.0 Å². The van der Waals surface area contributed by atoms with Crippen molar-refractivity contribution >= 4 is 11.6 Å². The molecule has 0 saturated heterocycles. The Morgan fingerprint density at radius 1 is 1.56 bits per heavy atom. The van der Waals surface area contributed by atoms with E-state index < -0.39 is 0 Å². The van der Waals surface area contributed by atoms with Gasteiger partial charge in [0, 0.05) is 7.05 Å². The molecular weight excluding hydrogens is 232 g/mol. The van der Waals surface area contributed by atoms with Crippen molar-refractivity contribution in [2.24, 2.45) is 0 Å². The molecule has 0 aliphatic heterocycles. The van der Waals surface area contributed by atoms with Crippen LogP contribution < -0.4 is 10.5 Å². The number of anilines is 1. The number of ether oxygens (including phenoxy) is 1. The third-order valence-electron chi connectivity index (χ3n) is 2.81. The Morgan fingerprint density at radius 3 is 2.78 bits per heavy atom. The van der Waals surface area contributed by atoms with Gasteiger partial charge in [0.05, 0.1) is 30.5 Å². The summed E-state index contributed by atoms with van der Waals surface area (Å²) in [6.07, 6.45) is 0. The molecule has 0 saturated carbocycles. The number of amides is 1. The number of carbonyl (C=O) groups excluding carboxylic acids is 1. The molecule has 0 aliphatic rings. The van der Waals surface area contributed by atoms with Gasteiger partial charge in [-0.25, -0.2) is 0 Å². The molecule has 0 fully saturated rings. The molecule has 1 aromatic carbocycles. The van der Waals surface area contributed by atoms with Crippen LogP contribution >= 0.6 is 0 Å². The van der Waals surface area contributed by atoms with Crippen LogP contribution in [0.1, 0.15) is 24.2 Å². The Kier molecular flexibility index (Phi) is 4.97. The van der Waals surface area contributed by atoms with Crippen LogP contribution in [-0.2, 0) is 0 Å². The first-order chi connectivity index (χ1) is 8.52. The van der Waals surface area contributed by atoms with Crippen molar-refractivity contribution in [1.29, 1.82) is 0 Å². The highest BCUT2D eigenvalue weighted by atomic mass is 16.5. The lowest BCUT2D eigenvalue weighted by Crippen LogP contribution is -2.37. The number of para-hydroxylation sites is 1. The highest BCUT2D eigenvalue weighted by Crippen LogP contribution is 2.27. The van der Waals surface area contributed by atoms with Crippen LogP contribution in [0.5, 0.6) is 5.75 Å². The largest absolute Gasteiger partial charge is 0.491 e. The number of nitrogens with two attached hydrogens (primary N) is 1. The van der Waals surface area contributed by atoms with Gasteiger partial charge in [0.1, 0.15) is 0 Å². The first-order valence-electron chi connectivity index (χ1n) is 5.92. The molecule has 1 aromatic rings. The number of rotatable bonds is 5. The fraction of sp³-hybridized carbons (Fsp3) is 0.462. The lowest BCUT2D eigenvalue weighted by molar-refractivity contribution is 0.0678. The van der Waals surface area contributed by atoms with Crippen LogP contribution in [0.25, 0.3) is 0 Å². The fourth-order valence-corrected chi connectivity index (χ4v) is 1.54. The van der Waals surface area contributed by atoms with E-state index in [-0.39, 0.29) is 18.6 Å². The number of hydrogen-bond acceptors (Lipinski definition) is 4. The van der Waals surface area contributed by atoms with Crippen molar-refractivity contribution in [3.8, 4) is 5.75 Å². The van der Waals surface area contributed by atoms with Crippen LogP contribution in [0.3, 0.4) is 0 Å². The molecule has 0 aliphatic carbocycles. The Hall–Kier alpha value is -1.75. The summed E-state index contributed by atoms with van der Waals surface area (Å²) in [6, 6.07) is 4.82. The zero-order valence-electron chi connectivity index (χ0n) is 11.0. The Bertz CT molecular complexity index is 421. The average Bonchev–Trinajstić information content (AvgIpc) is 2.38. The predicted octanol–water partition coefficient (Wildman–Crippen LogP) is 1.12. The SMILES string of the molecule is CCOc1c(N)cccc1C(=O)N(C)C(C)CO. The van der Waals surface area contributed by atoms with E-state index >= 15 is 0 Å². The number of nitrogen functional groups attached to an aromatic ring is 1. The van der Waals surface area contributed by atoms with E-state index in [4.69, 9.17) is 15.6 Å². The number of carbonyl (C=O) groups is 1. The molecule has 0 aromatic heterocycles. The molecule has 3 N–H and O–H groups in total. The summed E-state index contributed by atoms with van der Waals surface area (Å²) in [5.41, 5.74) is 6.66. The van der Waals surface area contributed by atoms with Gasteiger partial charge in [-0.05, 0) is 26.0 Å². The topological polar surface area (TPSA) is 75.8 Å². The van der Waals surface area contributed by atoms with Gasteiger partial charge in [0.2, 0.25) is 0 Å². The standard InChI is InChI=1S/C13H20N2O3/c1-4-18-12-10(6-5-7-11(12)14)13(17)15(3)9(2)8-16/h5-7,9,16H,4,8,14H2,1-3H3. The average molecular weight is 252 g/mol. The normalized spacial score (nSPS) is 12.0. The van der Waals surface area contributed by atoms with Crippen molar-refractivity contribution in [3.63, 3.8) is 0 Å². The van der Waals surface area contributed by atoms with Crippen molar-refractivity contribution in [3.05, 3.63) is 23.8 Å². The number of benzene rings is 1. The number of nitrogens with zero attached hydrogens (tertiary/aromatic N) is 1. The molecule has 0 bridgehead atoms. The summed E-state index contributed by atoms with van der Waals surface area (Å²) in [5, 5.41) is 9.08. The quantitative estimate of drug-likeness (QED) is 0.770. The van der Waals surface area contributed by atoms with Crippen molar-refractivity contribution < 1.29 is 14.6 Å². The summed E-state index contributed by atoms with van der Waals surface area (Å²) < 4.78 is 5.42. The van der Waals surface area contributed by atoms with E-state index in [1.165, 1.54) is 4.90 Å². The zero-order chi connectivity index (χ0) is 13.7. The first-order valence-corrected chi connectivity index (χ1v) is 5.92. The Labute approximate surface area is 107 Å². The van der Waals surface area contributed by atoms with Crippen LogP contribution in [0.2, 0.25) is 0 Å². The second kappa shape index (κ2) is 6.26. The maximum absolute atomic E-state index is 12.3. The lowest BCUT2D eigenvalue weighted by Gasteiger charge is -2.24. The van der Waals surface area contributed by atoms with Gasteiger partial charge in [-0.3, -0.25) is 4.79 Å². The number of likely N-dealkylation sites (N-methyl/N-ethyl adjacent to an activating group) is 1. The maximum Gasteiger partial charge on any atom is 0.257 e. The van der Waals surface area contributed by atoms with Crippen LogP contribution in [0, 0.1) is 0 Å². The minimum atomic E-state index is -0.256. The van der Waals surface area contributed by atoms with Crippen LogP contribution in [0.15, 0.2) is 18.2 Å². The first kappa shape index (κ1) is 14.3. The van der Waals surface area contributed by atoms with Crippen molar-refractivity contribution in [1.82, 2.24) is 4.90 Å². The van der Waals surface area contributed by atoms with E-state index in [2.05, 4.69) is 0 Å². The lowest BCUT2D eigenvalue weighted by atomic mass is 10.1. The Balaban J connectivity index is 3.08. The molecule has 100 valence electrons. The molecule has 5 nitrogen and oxygen atoms in total. The monoisotopic (exact) mass is 252 g/mol. The molecule has 1 amide bonds. The van der Waals surface area contributed by atoms with Gasteiger partial charge in [0.25, 0.3) is 5.91 Å². The Morgan fingerprint density at radius 2 is 2.22 bits per heavy atom. The highest BCUT2D eigenvalue weighted by Gasteiger charge is 2.21. The third-order valence-corrected chi connectivity index (χ3v) is 2.81. The maximum atomic E-state index is 12.3. The zero-order valence-corrected chi connectivity index (χ0v) is 11.0. The minimum absolute atomic E-state index is 0.0888. The van der Waals surface area contributed by atoms with Gasteiger partial charge in [-0.15, -0.1) is 0 Å². The molecule has 1 unspecified atom stereocenters. The van der Waals surface area contributed by atoms with Gasteiger partial charge < -0.3 is 20.5 Å². The van der Waals surface area contributed by atoms with Crippen LogP contribution in [-0.4, -0.2) is 42.2 Å². The number of aliphatic hydroxyl groups is 1. The predicted molar refractivity (Wildman–Crippen MR) is 70.7 cm³/mol. The number of hydrogen-bond donors (Lipinski definition) is 2. The summed E-state index contributed by atoms with van der Waals surface area (Å²) >= 11 is 0. The molecule has 1 atom stereocenters. The molecule has 5 heteroatoms. The van der Waals surface area contributed by atoms with Gasteiger partial charge in [-0.2, -0.15) is 0 Å². The summed E-state index contributed by atoms with van der Waals surface area (Å²) in [6.45, 7) is 3.95. The molecule has 1 rings (SSSR count). The second-order valence-corrected chi connectivity index (χ2v) is 4.10. The summed E-state index contributed by atoms with van der Waals surface area (Å²) in [4.78, 5) is 13.7. The van der Waals surface area contributed by atoms with Gasteiger partial charge in [0.15, 0.2) is 5.75 Å². The van der Waals surface area contributed by atoms with E-state index in [9.17, 15) is 4.79 Å².